The van der Waals surface area contributed by atoms with E-state index in [-0.39, 0.29) is 18.5 Å². The smallest absolute Gasteiger partial charge is 0.123 e. The van der Waals surface area contributed by atoms with Gasteiger partial charge in [0.15, 0.2) is 0 Å². The third-order valence-electron chi connectivity index (χ3n) is 4.26. The van der Waals surface area contributed by atoms with Crippen LogP contribution in [-0.2, 0) is 16.1 Å². The molecule has 0 radical (unpaired) electrons. The average molecular weight is 345 g/mol. The number of benzene rings is 2. The lowest BCUT2D eigenvalue weighted by atomic mass is 10.1. The van der Waals surface area contributed by atoms with Gasteiger partial charge in [0.1, 0.15) is 5.82 Å². The first kappa shape index (κ1) is 18.0. The van der Waals surface area contributed by atoms with Crippen molar-refractivity contribution in [2.24, 2.45) is 0 Å². The minimum atomic E-state index is -0.560. The van der Waals surface area contributed by atoms with Gasteiger partial charge in [-0.15, -0.1) is 0 Å². The zero-order chi connectivity index (χ0) is 17.5. The number of morpholine rings is 1. The molecule has 5 heteroatoms. The summed E-state index contributed by atoms with van der Waals surface area (Å²) in [6.07, 6.45) is -0.725. The minimum Gasteiger partial charge on any atom is -0.389 e. The van der Waals surface area contributed by atoms with Crippen LogP contribution in [0.5, 0.6) is 0 Å². The molecule has 1 saturated heterocycles. The zero-order valence-electron chi connectivity index (χ0n) is 14.2. The molecular weight excluding hydrogens is 321 g/mol. The average Bonchev–Trinajstić information content (AvgIpc) is 2.63. The Labute approximate surface area is 147 Å². The Bertz CT molecular complexity index is 652. The van der Waals surface area contributed by atoms with Crippen LogP contribution >= 0.6 is 0 Å². The number of hydrogen-bond donors (Lipinski definition) is 1. The number of halogens is 1. The van der Waals surface area contributed by atoms with E-state index >= 15 is 0 Å². The van der Waals surface area contributed by atoms with E-state index in [0.717, 1.165) is 17.7 Å². The van der Waals surface area contributed by atoms with E-state index in [9.17, 15) is 9.50 Å². The SMILES string of the molecule is O[C@@H](COCc1ccccc1)CN1CCO[C@@H](c2cccc(F)c2)C1. The van der Waals surface area contributed by atoms with Crippen molar-refractivity contribution in [3.05, 3.63) is 71.5 Å². The molecule has 0 bridgehead atoms. The van der Waals surface area contributed by atoms with Gasteiger partial charge < -0.3 is 14.6 Å². The van der Waals surface area contributed by atoms with Crippen molar-refractivity contribution in [2.45, 2.75) is 18.8 Å². The molecule has 1 aliphatic heterocycles. The first-order chi connectivity index (χ1) is 12.2. The maximum Gasteiger partial charge on any atom is 0.123 e. The van der Waals surface area contributed by atoms with Crippen LogP contribution < -0.4 is 0 Å². The van der Waals surface area contributed by atoms with E-state index in [0.29, 0.717) is 26.3 Å². The molecule has 0 spiro atoms. The first-order valence-electron chi connectivity index (χ1n) is 8.60. The third kappa shape index (κ3) is 5.61. The van der Waals surface area contributed by atoms with Crippen LogP contribution in [0.25, 0.3) is 0 Å². The Kier molecular flexibility index (Phi) is 6.53. The fourth-order valence-corrected chi connectivity index (χ4v) is 3.01. The van der Waals surface area contributed by atoms with Gasteiger partial charge in [-0.3, -0.25) is 4.90 Å². The van der Waals surface area contributed by atoms with Gasteiger partial charge in [-0.05, 0) is 23.3 Å². The minimum absolute atomic E-state index is 0.165. The lowest BCUT2D eigenvalue weighted by Gasteiger charge is -2.34. The van der Waals surface area contributed by atoms with Gasteiger partial charge in [0.25, 0.3) is 0 Å². The highest BCUT2D eigenvalue weighted by Crippen LogP contribution is 2.22. The molecule has 0 aliphatic carbocycles. The van der Waals surface area contributed by atoms with E-state index in [2.05, 4.69) is 4.90 Å². The van der Waals surface area contributed by atoms with E-state index in [4.69, 9.17) is 9.47 Å². The summed E-state index contributed by atoms with van der Waals surface area (Å²) in [7, 11) is 0. The normalized spacial score (nSPS) is 19.7. The van der Waals surface area contributed by atoms with Crippen LogP contribution in [0.15, 0.2) is 54.6 Å². The molecule has 1 N–H and O–H groups in total. The number of ether oxygens (including phenoxy) is 2. The predicted octanol–water partition coefficient (Wildman–Crippen LogP) is 2.78. The zero-order valence-corrected chi connectivity index (χ0v) is 14.2. The molecule has 0 unspecified atom stereocenters. The van der Waals surface area contributed by atoms with Gasteiger partial charge in [0.05, 0.1) is 32.0 Å². The fourth-order valence-electron chi connectivity index (χ4n) is 3.01. The van der Waals surface area contributed by atoms with Crippen LogP contribution in [0.3, 0.4) is 0 Å². The largest absolute Gasteiger partial charge is 0.389 e. The highest BCUT2D eigenvalue weighted by Gasteiger charge is 2.23. The monoisotopic (exact) mass is 345 g/mol. The molecule has 1 heterocycles. The summed E-state index contributed by atoms with van der Waals surface area (Å²) < 4.78 is 24.7. The molecule has 1 aliphatic rings. The summed E-state index contributed by atoms with van der Waals surface area (Å²) in [6, 6.07) is 16.4. The quantitative estimate of drug-likeness (QED) is 0.838. The summed E-state index contributed by atoms with van der Waals surface area (Å²) >= 11 is 0. The van der Waals surface area contributed by atoms with Crippen molar-refractivity contribution in [3.8, 4) is 0 Å². The van der Waals surface area contributed by atoms with Gasteiger partial charge in [-0.25, -0.2) is 4.39 Å². The molecule has 3 rings (SSSR count). The topological polar surface area (TPSA) is 41.9 Å². The molecule has 0 aromatic heterocycles. The summed E-state index contributed by atoms with van der Waals surface area (Å²) in [5, 5.41) is 10.2. The molecule has 0 amide bonds. The molecular formula is C20H24FNO3. The van der Waals surface area contributed by atoms with E-state index in [1.54, 1.807) is 6.07 Å². The van der Waals surface area contributed by atoms with Gasteiger partial charge in [0, 0.05) is 19.6 Å². The highest BCUT2D eigenvalue weighted by atomic mass is 19.1. The van der Waals surface area contributed by atoms with Crippen LogP contribution in [0.4, 0.5) is 4.39 Å². The van der Waals surface area contributed by atoms with Crippen LogP contribution in [0.2, 0.25) is 0 Å². The van der Waals surface area contributed by atoms with Gasteiger partial charge in [-0.2, -0.15) is 0 Å². The molecule has 2 aromatic carbocycles. The van der Waals surface area contributed by atoms with E-state index in [1.807, 2.05) is 36.4 Å². The Morgan fingerprint density at radius 3 is 2.84 bits per heavy atom. The maximum absolute atomic E-state index is 13.4. The van der Waals surface area contributed by atoms with Gasteiger partial charge >= 0.3 is 0 Å². The standard InChI is InChI=1S/C20H24FNO3/c21-18-8-4-7-17(11-18)20-13-22(9-10-25-20)12-19(23)15-24-14-16-5-2-1-3-6-16/h1-8,11,19-20,23H,9-10,12-15H2/t19-,20-/m1/s1. The van der Waals surface area contributed by atoms with Crippen molar-refractivity contribution in [2.75, 3.05) is 32.8 Å². The molecule has 4 nitrogen and oxygen atoms in total. The van der Waals surface area contributed by atoms with Gasteiger partial charge in [-0.1, -0.05) is 42.5 Å². The van der Waals surface area contributed by atoms with Crippen molar-refractivity contribution in [3.63, 3.8) is 0 Å². The second kappa shape index (κ2) is 9.06. The van der Waals surface area contributed by atoms with Crippen molar-refractivity contribution < 1.29 is 19.0 Å². The third-order valence-corrected chi connectivity index (χ3v) is 4.26. The Morgan fingerprint density at radius 1 is 1.20 bits per heavy atom. The predicted molar refractivity (Wildman–Crippen MR) is 93.6 cm³/mol. The second-order valence-corrected chi connectivity index (χ2v) is 6.33. The van der Waals surface area contributed by atoms with E-state index < -0.39 is 6.10 Å². The van der Waals surface area contributed by atoms with Crippen molar-refractivity contribution in [1.82, 2.24) is 4.90 Å². The number of aliphatic hydroxyl groups is 1. The summed E-state index contributed by atoms with van der Waals surface area (Å²) in [5.41, 5.74) is 1.92. The Morgan fingerprint density at radius 2 is 2.04 bits per heavy atom. The van der Waals surface area contributed by atoms with Crippen LogP contribution in [0.1, 0.15) is 17.2 Å². The Hall–Kier alpha value is -1.79. The molecule has 1 fully saturated rings. The highest BCUT2D eigenvalue weighted by molar-refractivity contribution is 5.19. The van der Waals surface area contributed by atoms with E-state index in [1.165, 1.54) is 12.1 Å². The van der Waals surface area contributed by atoms with Crippen molar-refractivity contribution in [1.29, 1.82) is 0 Å². The number of rotatable bonds is 7. The number of aliphatic hydroxyl groups excluding tert-OH is 1. The van der Waals surface area contributed by atoms with Crippen molar-refractivity contribution >= 4 is 0 Å². The maximum atomic E-state index is 13.4. The number of hydrogen-bond acceptors (Lipinski definition) is 4. The lowest BCUT2D eigenvalue weighted by molar-refractivity contribution is -0.0537. The molecule has 2 aromatic rings. The first-order valence-corrected chi connectivity index (χ1v) is 8.60. The summed E-state index contributed by atoms with van der Waals surface area (Å²) in [6.45, 7) is 3.26. The number of nitrogens with zero attached hydrogens (tertiary/aromatic N) is 1. The van der Waals surface area contributed by atoms with Crippen LogP contribution in [0, 0.1) is 5.82 Å². The Balaban J connectivity index is 1.44. The lowest BCUT2D eigenvalue weighted by Crippen LogP contribution is -2.43. The van der Waals surface area contributed by atoms with Gasteiger partial charge in [0.2, 0.25) is 0 Å². The molecule has 25 heavy (non-hydrogen) atoms. The molecule has 134 valence electrons. The summed E-state index contributed by atoms with van der Waals surface area (Å²) in [4.78, 5) is 2.13. The number of β-amino-alcohol motifs (C(OH)–C–C–N with tert-alkyl or cyclic N) is 1. The molecule has 2 atom stereocenters. The second-order valence-electron chi connectivity index (χ2n) is 6.33. The summed E-state index contributed by atoms with van der Waals surface area (Å²) in [5.74, 6) is -0.257. The fraction of sp³-hybridized carbons (Fsp3) is 0.400. The molecule has 0 saturated carbocycles. The van der Waals surface area contributed by atoms with Crippen LogP contribution in [-0.4, -0.2) is 49.0 Å².